The highest BCUT2D eigenvalue weighted by Gasteiger charge is 2.13. The van der Waals surface area contributed by atoms with E-state index in [1.54, 1.807) is 21.4 Å². The number of nitrogens with one attached hydrogen (secondary N) is 1. The Balaban J connectivity index is 2.28. The van der Waals surface area contributed by atoms with E-state index < -0.39 is 0 Å². The fraction of sp³-hybridized carbons (Fsp3) is 0.250. The van der Waals surface area contributed by atoms with Gasteiger partial charge < -0.3 is 4.98 Å². The molecule has 0 unspecified atom stereocenters. The molecule has 1 N–H and O–H groups in total. The summed E-state index contributed by atoms with van der Waals surface area (Å²) >= 11 is 8.37. The van der Waals surface area contributed by atoms with Gasteiger partial charge in [-0.25, -0.2) is 4.98 Å². The maximum Gasteiger partial charge on any atom is 0.263 e. The van der Waals surface area contributed by atoms with Crippen LogP contribution in [0.25, 0.3) is 10.2 Å². The van der Waals surface area contributed by atoms with Crippen LogP contribution in [0.15, 0.2) is 15.7 Å². The third kappa shape index (κ3) is 2.07. The summed E-state index contributed by atoms with van der Waals surface area (Å²) in [5.74, 6) is 0. The van der Waals surface area contributed by atoms with Crippen LogP contribution in [0.3, 0.4) is 0 Å². The van der Waals surface area contributed by atoms with E-state index in [4.69, 9.17) is 12.2 Å². The molecule has 0 aliphatic rings. The molecule has 3 heterocycles. The summed E-state index contributed by atoms with van der Waals surface area (Å²) in [7, 11) is 0. The topological polar surface area (TPSA) is 50.7 Å². The highest BCUT2D eigenvalue weighted by molar-refractivity contribution is 7.71. The average Bonchev–Trinajstić information content (AvgIpc) is 2.95. The van der Waals surface area contributed by atoms with Crippen molar-refractivity contribution in [3.63, 3.8) is 0 Å². The van der Waals surface area contributed by atoms with Gasteiger partial charge in [0.2, 0.25) is 0 Å². The van der Waals surface area contributed by atoms with Crippen molar-refractivity contribution < 1.29 is 0 Å². The Kier molecular flexibility index (Phi) is 3.12. The number of thiophene rings is 1. The van der Waals surface area contributed by atoms with Gasteiger partial charge in [0.15, 0.2) is 4.77 Å². The fourth-order valence-electron chi connectivity index (χ4n) is 1.99. The van der Waals surface area contributed by atoms with Crippen molar-refractivity contribution in [1.29, 1.82) is 0 Å². The molecule has 0 saturated heterocycles. The molecule has 0 saturated carbocycles. The Bertz CT molecular complexity index is 855. The maximum absolute atomic E-state index is 12.6. The molecule has 0 amide bonds. The van der Waals surface area contributed by atoms with Crippen molar-refractivity contribution in [2.75, 3.05) is 0 Å². The van der Waals surface area contributed by atoms with Gasteiger partial charge in [-0.15, -0.1) is 22.7 Å². The van der Waals surface area contributed by atoms with E-state index in [0.29, 0.717) is 11.3 Å². The molecule has 0 fully saturated rings. The van der Waals surface area contributed by atoms with Crippen molar-refractivity contribution >= 4 is 45.1 Å². The lowest BCUT2D eigenvalue weighted by atomic mass is 10.2. The van der Waals surface area contributed by atoms with Crippen LogP contribution in [-0.2, 0) is 6.54 Å². The van der Waals surface area contributed by atoms with Gasteiger partial charge in [0, 0.05) is 10.3 Å². The highest BCUT2D eigenvalue weighted by Crippen LogP contribution is 2.25. The number of thiazole rings is 1. The maximum atomic E-state index is 12.6. The van der Waals surface area contributed by atoms with Crippen LogP contribution in [0.5, 0.6) is 0 Å². The van der Waals surface area contributed by atoms with Gasteiger partial charge in [0.1, 0.15) is 4.83 Å². The van der Waals surface area contributed by atoms with Gasteiger partial charge in [-0.2, -0.15) is 0 Å². The number of aryl methyl sites for hydroxylation is 2. The number of rotatable bonds is 2. The molecule has 0 aliphatic heterocycles. The van der Waals surface area contributed by atoms with Crippen LogP contribution in [-0.4, -0.2) is 14.5 Å². The van der Waals surface area contributed by atoms with Crippen LogP contribution >= 0.6 is 34.9 Å². The van der Waals surface area contributed by atoms with E-state index >= 15 is 0 Å². The molecule has 4 nitrogen and oxygen atoms in total. The molecule has 3 aromatic rings. The van der Waals surface area contributed by atoms with Crippen LogP contribution in [0.2, 0.25) is 0 Å². The lowest BCUT2D eigenvalue weighted by Crippen LogP contribution is -2.22. The van der Waals surface area contributed by atoms with Gasteiger partial charge in [-0.1, -0.05) is 0 Å². The smallest absolute Gasteiger partial charge is 0.263 e. The molecule has 3 aromatic heterocycles. The largest absolute Gasteiger partial charge is 0.323 e. The highest BCUT2D eigenvalue weighted by atomic mass is 32.1. The van der Waals surface area contributed by atoms with Gasteiger partial charge >= 0.3 is 0 Å². The summed E-state index contributed by atoms with van der Waals surface area (Å²) in [4.78, 5) is 21.9. The molecule has 19 heavy (non-hydrogen) atoms. The van der Waals surface area contributed by atoms with Gasteiger partial charge in [-0.05, 0) is 31.6 Å². The fourth-order valence-corrected chi connectivity index (χ4v) is 3.90. The molecule has 7 heteroatoms. The van der Waals surface area contributed by atoms with E-state index in [9.17, 15) is 4.79 Å². The molecule has 0 aromatic carbocycles. The summed E-state index contributed by atoms with van der Waals surface area (Å²) in [6.07, 6.45) is 0. The molecule has 0 aliphatic carbocycles. The second kappa shape index (κ2) is 4.66. The van der Waals surface area contributed by atoms with E-state index in [-0.39, 0.29) is 5.56 Å². The zero-order chi connectivity index (χ0) is 13.6. The average molecular weight is 309 g/mol. The Morgan fingerprint density at radius 3 is 2.95 bits per heavy atom. The van der Waals surface area contributed by atoms with Crippen molar-refractivity contribution in [2.45, 2.75) is 20.4 Å². The summed E-state index contributed by atoms with van der Waals surface area (Å²) in [5.41, 5.74) is 3.61. The number of aromatic nitrogens is 3. The van der Waals surface area contributed by atoms with Crippen LogP contribution in [0, 0.1) is 18.6 Å². The first-order chi connectivity index (χ1) is 9.08. The minimum absolute atomic E-state index is 0.0337. The van der Waals surface area contributed by atoms with Crippen LogP contribution in [0.1, 0.15) is 16.1 Å². The molecule has 0 bridgehead atoms. The lowest BCUT2D eigenvalue weighted by Gasteiger charge is -2.04. The summed E-state index contributed by atoms with van der Waals surface area (Å²) < 4.78 is 2.03. The first kappa shape index (κ1) is 12.7. The standard InChI is InChI=1S/C12H11N3OS3/c1-6-7(2)19-10-9(6)11(16)15(12(17)14-10)3-8-4-18-5-13-8/h4-5H,3H2,1-2H3,(H,14,17). The predicted octanol–water partition coefficient (Wildman–Crippen LogP) is 3.24. The van der Waals surface area contributed by atoms with E-state index in [1.165, 1.54) is 11.3 Å². The number of nitrogens with zero attached hydrogens (tertiary/aromatic N) is 2. The Labute approximate surface area is 122 Å². The van der Waals surface area contributed by atoms with Crippen LogP contribution in [0.4, 0.5) is 0 Å². The molecule has 98 valence electrons. The van der Waals surface area contributed by atoms with Crippen molar-refractivity contribution in [1.82, 2.24) is 14.5 Å². The Hall–Kier alpha value is -1.31. The van der Waals surface area contributed by atoms with E-state index in [0.717, 1.165) is 26.4 Å². The predicted molar refractivity (Wildman–Crippen MR) is 82.0 cm³/mol. The lowest BCUT2D eigenvalue weighted by molar-refractivity contribution is 0.721. The van der Waals surface area contributed by atoms with Crippen molar-refractivity contribution in [2.24, 2.45) is 0 Å². The normalized spacial score (nSPS) is 11.3. The number of hydrogen-bond acceptors (Lipinski definition) is 5. The van der Waals surface area contributed by atoms with Crippen molar-refractivity contribution in [3.8, 4) is 0 Å². The first-order valence-corrected chi connectivity index (χ1v) is 7.84. The second-order valence-electron chi connectivity index (χ2n) is 4.29. The van der Waals surface area contributed by atoms with Gasteiger partial charge in [-0.3, -0.25) is 9.36 Å². The summed E-state index contributed by atoms with van der Waals surface area (Å²) in [6, 6.07) is 0. The quantitative estimate of drug-likeness (QED) is 0.739. The zero-order valence-electron chi connectivity index (χ0n) is 10.4. The number of fused-ring (bicyclic) bond motifs is 1. The van der Waals surface area contributed by atoms with Gasteiger partial charge in [0.05, 0.1) is 23.1 Å². The first-order valence-electron chi connectivity index (χ1n) is 5.68. The Morgan fingerprint density at radius 2 is 2.26 bits per heavy atom. The van der Waals surface area contributed by atoms with E-state index in [2.05, 4.69) is 9.97 Å². The SMILES string of the molecule is Cc1sc2[nH]c(=S)n(Cc3cscn3)c(=O)c2c1C. The number of H-pyrrole nitrogens is 1. The summed E-state index contributed by atoms with van der Waals surface area (Å²) in [5, 5.41) is 2.67. The minimum atomic E-state index is -0.0337. The molecule has 0 radical (unpaired) electrons. The third-order valence-corrected chi connectivity index (χ3v) is 5.19. The molecular weight excluding hydrogens is 298 g/mol. The monoisotopic (exact) mass is 309 g/mol. The Morgan fingerprint density at radius 1 is 1.47 bits per heavy atom. The molecule has 0 spiro atoms. The zero-order valence-corrected chi connectivity index (χ0v) is 12.8. The third-order valence-electron chi connectivity index (χ3n) is 3.11. The number of aromatic amines is 1. The van der Waals surface area contributed by atoms with Crippen LogP contribution < -0.4 is 5.56 Å². The van der Waals surface area contributed by atoms with E-state index in [1.807, 2.05) is 19.2 Å². The molecular formula is C12H11N3OS3. The van der Waals surface area contributed by atoms with Crippen molar-refractivity contribution in [3.05, 3.63) is 42.1 Å². The minimum Gasteiger partial charge on any atom is -0.323 e. The summed E-state index contributed by atoms with van der Waals surface area (Å²) in [6.45, 7) is 4.41. The van der Waals surface area contributed by atoms with Gasteiger partial charge in [0.25, 0.3) is 5.56 Å². The molecule has 3 rings (SSSR count). The molecule has 0 atom stereocenters. The number of hydrogen-bond donors (Lipinski definition) is 1. The second-order valence-corrected chi connectivity index (χ2v) is 6.62.